The van der Waals surface area contributed by atoms with Crippen LogP contribution in [0.4, 0.5) is 0 Å². The normalized spacial score (nSPS) is 15.7. The van der Waals surface area contributed by atoms with Gasteiger partial charge in [-0.15, -0.1) is 0 Å². The average Bonchev–Trinajstić information content (AvgIpc) is 2.88. The molecule has 0 radical (unpaired) electrons. The van der Waals surface area contributed by atoms with Crippen LogP contribution in [0.3, 0.4) is 0 Å². The van der Waals surface area contributed by atoms with E-state index in [1.807, 2.05) is 0 Å². The number of carbonyl (C=O) groups is 1. The highest BCUT2D eigenvalue weighted by molar-refractivity contribution is 5.76. The van der Waals surface area contributed by atoms with Crippen LogP contribution in [0.25, 0.3) is 0 Å². The molecule has 0 unspecified atom stereocenters. The topological polar surface area (TPSA) is 39.2 Å². The summed E-state index contributed by atoms with van der Waals surface area (Å²) < 4.78 is 4.99. The van der Waals surface area contributed by atoms with Gasteiger partial charge < -0.3 is 4.74 Å². The number of ether oxygens (including phenoxy) is 1. The standard InChI is InChI=1S/C9H9NO2/c11-9(7-4-5-7)12-8-3-1-2-6-10-8/h1-3,6-7H,4-5H2. The Bertz CT molecular complexity index is 280. The third-order valence-electron chi connectivity index (χ3n) is 1.75. The molecule has 2 rings (SSSR count). The lowest BCUT2D eigenvalue weighted by Crippen LogP contribution is -2.10. The molecule has 0 spiro atoms. The molecule has 1 heterocycles. The zero-order chi connectivity index (χ0) is 8.39. The minimum atomic E-state index is -0.145. The van der Waals surface area contributed by atoms with E-state index in [1.165, 1.54) is 0 Å². The van der Waals surface area contributed by atoms with Crippen molar-refractivity contribution in [1.82, 2.24) is 4.98 Å². The summed E-state index contributed by atoms with van der Waals surface area (Å²) in [5.74, 6) is 0.384. The Morgan fingerprint density at radius 1 is 1.50 bits per heavy atom. The first kappa shape index (κ1) is 7.28. The molecule has 0 aliphatic heterocycles. The van der Waals surface area contributed by atoms with Crippen LogP contribution in [0.15, 0.2) is 24.4 Å². The van der Waals surface area contributed by atoms with Crippen molar-refractivity contribution in [2.75, 3.05) is 0 Å². The summed E-state index contributed by atoms with van der Waals surface area (Å²) >= 11 is 0. The number of esters is 1. The summed E-state index contributed by atoms with van der Waals surface area (Å²) in [6.45, 7) is 0. The van der Waals surface area contributed by atoms with E-state index in [4.69, 9.17) is 4.74 Å². The second kappa shape index (κ2) is 2.93. The maximum Gasteiger partial charge on any atom is 0.315 e. The van der Waals surface area contributed by atoms with Gasteiger partial charge in [-0.2, -0.15) is 0 Å². The lowest BCUT2D eigenvalue weighted by atomic mass is 10.4. The summed E-state index contributed by atoms with van der Waals surface area (Å²) in [5.41, 5.74) is 0. The summed E-state index contributed by atoms with van der Waals surface area (Å²) in [4.78, 5) is 15.0. The summed E-state index contributed by atoms with van der Waals surface area (Å²) in [5, 5.41) is 0. The SMILES string of the molecule is O=C(Oc1ccccn1)C1CC1. The maximum atomic E-state index is 11.1. The molecule has 62 valence electrons. The number of rotatable bonds is 2. The Hall–Kier alpha value is -1.38. The predicted molar refractivity (Wildman–Crippen MR) is 42.6 cm³/mol. The van der Waals surface area contributed by atoms with Gasteiger partial charge in [-0.3, -0.25) is 4.79 Å². The number of hydrogen-bond donors (Lipinski definition) is 0. The van der Waals surface area contributed by atoms with Crippen LogP contribution in [0.2, 0.25) is 0 Å². The number of nitrogens with zero attached hydrogens (tertiary/aromatic N) is 1. The predicted octanol–water partition coefficient (Wildman–Crippen LogP) is 1.40. The molecule has 1 aromatic heterocycles. The van der Waals surface area contributed by atoms with Crippen molar-refractivity contribution in [2.45, 2.75) is 12.8 Å². The van der Waals surface area contributed by atoms with Gasteiger partial charge in [0.05, 0.1) is 5.92 Å². The lowest BCUT2D eigenvalue weighted by Gasteiger charge is -1.99. The van der Waals surface area contributed by atoms with Crippen molar-refractivity contribution >= 4 is 5.97 Å². The minimum Gasteiger partial charge on any atom is -0.407 e. The molecule has 1 aliphatic rings. The molecule has 3 heteroatoms. The van der Waals surface area contributed by atoms with Crippen molar-refractivity contribution in [2.24, 2.45) is 5.92 Å². The summed E-state index contributed by atoms with van der Waals surface area (Å²) in [6.07, 6.45) is 3.53. The number of aromatic nitrogens is 1. The van der Waals surface area contributed by atoms with E-state index in [2.05, 4.69) is 4.98 Å². The molecule has 1 aliphatic carbocycles. The fourth-order valence-electron chi connectivity index (χ4n) is 0.913. The van der Waals surface area contributed by atoms with Gasteiger partial charge in [0.25, 0.3) is 0 Å². The second-order valence-corrected chi connectivity index (χ2v) is 2.86. The summed E-state index contributed by atoms with van der Waals surface area (Å²) in [6, 6.07) is 5.26. The summed E-state index contributed by atoms with van der Waals surface area (Å²) in [7, 11) is 0. The Morgan fingerprint density at radius 3 is 2.92 bits per heavy atom. The van der Waals surface area contributed by atoms with E-state index in [0.29, 0.717) is 5.88 Å². The van der Waals surface area contributed by atoms with Crippen molar-refractivity contribution in [3.05, 3.63) is 24.4 Å². The smallest absolute Gasteiger partial charge is 0.315 e. The van der Waals surface area contributed by atoms with Crippen LogP contribution < -0.4 is 4.74 Å². The van der Waals surface area contributed by atoms with Crippen molar-refractivity contribution in [3.63, 3.8) is 0 Å². The molecule has 0 amide bonds. The molecule has 0 aromatic carbocycles. The monoisotopic (exact) mass is 163 g/mol. The molecule has 0 atom stereocenters. The van der Waals surface area contributed by atoms with E-state index in [-0.39, 0.29) is 11.9 Å². The van der Waals surface area contributed by atoms with Crippen molar-refractivity contribution < 1.29 is 9.53 Å². The fraction of sp³-hybridized carbons (Fsp3) is 0.333. The van der Waals surface area contributed by atoms with Crippen LogP contribution in [-0.4, -0.2) is 11.0 Å². The Balaban J connectivity index is 1.98. The van der Waals surface area contributed by atoms with Gasteiger partial charge >= 0.3 is 5.97 Å². The van der Waals surface area contributed by atoms with Gasteiger partial charge in [-0.1, -0.05) is 6.07 Å². The molecule has 0 N–H and O–H groups in total. The average molecular weight is 163 g/mol. The van der Waals surface area contributed by atoms with Crippen molar-refractivity contribution in [1.29, 1.82) is 0 Å². The van der Waals surface area contributed by atoms with Gasteiger partial charge in [0.2, 0.25) is 5.88 Å². The van der Waals surface area contributed by atoms with E-state index in [1.54, 1.807) is 24.4 Å². The van der Waals surface area contributed by atoms with Crippen LogP contribution in [0.1, 0.15) is 12.8 Å². The van der Waals surface area contributed by atoms with Crippen LogP contribution in [-0.2, 0) is 4.79 Å². The maximum absolute atomic E-state index is 11.1. The van der Waals surface area contributed by atoms with E-state index >= 15 is 0 Å². The van der Waals surface area contributed by atoms with Crippen LogP contribution >= 0.6 is 0 Å². The molecular formula is C9H9NO2. The number of pyridine rings is 1. The highest BCUT2D eigenvalue weighted by atomic mass is 16.5. The first-order chi connectivity index (χ1) is 5.86. The second-order valence-electron chi connectivity index (χ2n) is 2.86. The zero-order valence-electron chi connectivity index (χ0n) is 6.56. The molecule has 12 heavy (non-hydrogen) atoms. The van der Waals surface area contributed by atoms with Gasteiger partial charge in [0, 0.05) is 12.3 Å². The highest BCUT2D eigenvalue weighted by Gasteiger charge is 2.31. The molecule has 1 aromatic rings. The first-order valence-electron chi connectivity index (χ1n) is 3.99. The zero-order valence-corrected chi connectivity index (χ0v) is 6.56. The van der Waals surface area contributed by atoms with Gasteiger partial charge in [-0.25, -0.2) is 4.98 Å². The van der Waals surface area contributed by atoms with Crippen molar-refractivity contribution in [3.8, 4) is 5.88 Å². The molecular weight excluding hydrogens is 154 g/mol. The largest absolute Gasteiger partial charge is 0.407 e. The third kappa shape index (κ3) is 1.61. The molecule has 3 nitrogen and oxygen atoms in total. The Labute approximate surface area is 70.4 Å². The molecule has 1 fully saturated rings. The number of carbonyl (C=O) groups excluding carboxylic acids is 1. The van der Waals surface area contributed by atoms with Gasteiger partial charge in [0.1, 0.15) is 0 Å². The van der Waals surface area contributed by atoms with E-state index in [0.717, 1.165) is 12.8 Å². The minimum absolute atomic E-state index is 0.131. The van der Waals surface area contributed by atoms with E-state index in [9.17, 15) is 4.79 Å². The van der Waals surface area contributed by atoms with Gasteiger partial charge in [0.15, 0.2) is 0 Å². The number of hydrogen-bond acceptors (Lipinski definition) is 3. The Morgan fingerprint density at radius 2 is 2.33 bits per heavy atom. The molecule has 0 bridgehead atoms. The van der Waals surface area contributed by atoms with E-state index < -0.39 is 0 Å². The van der Waals surface area contributed by atoms with Crippen LogP contribution in [0, 0.1) is 5.92 Å². The molecule has 1 saturated carbocycles. The highest BCUT2D eigenvalue weighted by Crippen LogP contribution is 2.30. The third-order valence-corrected chi connectivity index (χ3v) is 1.75. The first-order valence-corrected chi connectivity index (χ1v) is 3.99. The van der Waals surface area contributed by atoms with Crippen LogP contribution in [0.5, 0.6) is 5.88 Å². The quantitative estimate of drug-likeness (QED) is 0.618. The fourth-order valence-corrected chi connectivity index (χ4v) is 0.913. The van der Waals surface area contributed by atoms with Gasteiger partial charge in [-0.05, 0) is 18.9 Å². The lowest BCUT2D eigenvalue weighted by molar-refractivity contribution is -0.136. The molecule has 0 saturated heterocycles. The Kier molecular flexibility index (Phi) is 1.78.